The molecule has 39 heavy (non-hydrogen) atoms. The fourth-order valence-corrected chi connectivity index (χ4v) is 4.51. The fourth-order valence-electron chi connectivity index (χ4n) is 4.51. The van der Waals surface area contributed by atoms with Crippen LogP contribution in [0.5, 0.6) is 0 Å². The SMILES string of the molecule is CCNc1cc(C(=O)NC(C)(C)C)cc(-c2cc3c(C(=O)NC)c(-c4ccc(F)cc4)oc3cc2NCC)c1. The van der Waals surface area contributed by atoms with E-state index in [0.717, 1.165) is 22.5 Å². The molecule has 0 fully saturated rings. The number of furan rings is 1. The van der Waals surface area contributed by atoms with Crippen molar-refractivity contribution >= 4 is 34.2 Å². The smallest absolute Gasteiger partial charge is 0.255 e. The minimum atomic E-state index is -0.394. The van der Waals surface area contributed by atoms with Gasteiger partial charge in [-0.1, -0.05) is 0 Å². The second kappa shape index (κ2) is 11.2. The third-order valence-electron chi connectivity index (χ3n) is 6.13. The van der Waals surface area contributed by atoms with Gasteiger partial charge in [0.25, 0.3) is 11.8 Å². The minimum absolute atomic E-state index is 0.178. The number of hydrogen-bond acceptors (Lipinski definition) is 5. The van der Waals surface area contributed by atoms with Gasteiger partial charge in [0, 0.05) is 65.2 Å². The summed E-state index contributed by atoms with van der Waals surface area (Å²) in [5.74, 6) is -0.514. The molecule has 0 saturated carbocycles. The number of carbonyl (C=O) groups is 2. The summed E-state index contributed by atoms with van der Waals surface area (Å²) in [6, 6.07) is 15.3. The van der Waals surface area contributed by atoms with Gasteiger partial charge in [-0.15, -0.1) is 0 Å². The van der Waals surface area contributed by atoms with Crippen molar-refractivity contribution in [2.75, 3.05) is 30.8 Å². The minimum Gasteiger partial charge on any atom is -0.455 e. The lowest BCUT2D eigenvalue weighted by Gasteiger charge is -2.21. The van der Waals surface area contributed by atoms with E-state index in [0.29, 0.717) is 46.5 Å². The molecule has 1 aromatic heterocycles. The van der Waals surface area contributed by atoms with E-state index in [1.54, 1.807) is 19.2 Å². The third-order valence-corrected chi connectivity index (χ3v) is 6.13. The molecule has 0 aliphatic heterocycles. The van der Waals surface area contributed by atoms with Crippen molar-refractivity contribution in [2.45, 2.75) is 40.2 Å². The van der Waals surface area contributed by atoms with Crippen LogP contribution in [0.4, 0.5) is 15.8 Å². The molecule has 7 nitrogen and oxygen atoms in total. The molecule has 2 amide bonds. The molecule has 0 atom stereocenters. The Morgan fingerprint density at radius 2 is 1.56 bits per heavy atom. The van der Waals surface area contributed by atoms with Gasteiger partial charge >= 0.3 is 0 Å². The largest absolute Gasteiger partial charge is 0.455 e. The Bertz CT molecular complexity index is 1520. The van der Waals surface area contributed by atoms with Crippen LogP contribution >= 0.6 is 0 Å². The first-order valence-electron chi connectivity index (χ1n) is 13.1. The molecule has 0 aliphatic rings. The zero-order chi connectivity index (χ0) is 28.3. The van der Waals surface area contributed by atoms with Crippen LogP contribution < -0.4 is 21.3 Å². The van der Waals surface area contributed by atoms with E-state index in [1.165, 1.54) is 12.1 Å². The summed E-state index contributed by atoms with van der Waals surface area (Å²) in [6.07, 6.45) is 0. The molecule has 0 aliphatic carbocycles. The van der Waals surface area contributed by atoms with Gasteiger partial charge in [0.2, 0.25) is 0 Å². The van der Waals surface area contributed by atoms with Crippen LogP contribution in [0.2, 0.25) is 0 Å². The molecule has 8 heteroatoms. The predicted octanol–water partition coefficient (Wildman–Crippen LogP) is 6.66. The number of amides is 2. The third kappa shape index (κ3) is 6.06. The van der Waals surface area contributed by atoms with Crippen molar-refractivity contribution in [3.63, 3.8) is 0 Å². The maximum atomic E-state index is 13.6. The highest BCUT2D eigenvalue weighted by Crippen LogP contribution is 2.40. The van der Waals surface area contributed by atoms with Gasteiger partial charge in [-0.25, -0.2) is 4.39 Å². The summed E-state index contributed by atoms with van der Waals surface area (Å²) < 4.78 is 19.8. The van der Waals surface area contributed by atoms with Crippen molar-refractivity contribution in [3.8, 4) is 22.5 Å². The lowest BCUT2D eigenvalue weighted by molar-refractivity contribution is 0.0918. The predicted molar refractivity (Wildman–Crippen MR) is 156 cm³/mol. The number of fused-ring (bicyclic) bond motifs is 1. The zero-order valence-corrected chi connectivity index (χ0v) is 23.2. The summed E-state index contributed by atoms with van der Waals surface area (Å²) >= 11 is 0. The summed E-state index contributed by atoms with van der Waals surface area (Å²) in [6.45, 7) is 11.1. The van der Waals surface area contributed by atoms with Gasteiger partial charge in [0.05, 0.1) is 5.56 Å². The van der Waals surface area contributed by atoms with Crippen LogP contribution in [0.25, 0.3) is 33.4 Å². The molecule has 4 rings (SSSR count). The highest BCUT2D eigenvalue weighted by molar-refractivity contribution is 6.13. The number of anilines is 2. The monoisotopic (exact) mass is 530 g/mol. The van der Waals surface area contributed by atoms with E-state index in [9.17, 15) is 14.0 Å². The first-order valence-corrected chi connectivity index (χ1v) is 13.1. The molecule has 1 heterocycles. The molecular weight excluding hydrogens is 495 g/mol. The first-order chi connectivity index (χ1) is 18.5. The topological polar surface area (TPSA) is 95.4 Å². The normalized spacial score (nSPS) is 11.4. The van der Waals surface area contributed by atoms with Gasteiger partial charge in [0.15, 0.2) is 0 Å². The number of carbonyl (C=O) groups excluding carboxylic acids is 2. The second-order valence-corrected chi connectivity index (χ2v) is 10.3. The molecule has 0 saturated heterocycles. The fraction of sp³-hybridized carbons (Fsp3) is 0.290. The van der Waals surface area contributed by atoms with Crippen LogP contribution in [0, 0.1) is 5.82 Å². The van der Waals surface area contributed by atoms with Crippen LogP contribution in [0.15, 0.2) is 59.0 Å². The Balaban J connectivity index is 1.97. The molecule has 4 N–H and O–H groups in total. The van der Waals surface area contributed by atoms with E-state index in [-0.39, 0.29) is 17.6 Å². The van der Waals surface area contributed by atoms with E-state index in [1.807, 2.05) is 65.0 Å². The molecule has 4 aromatic rings. The van der Waals surface area contributed by atoms with Crippen molar-refractivity contribution in [3.05, 3.63) is 71.5 Å². The number of benzene rings is 3. The highest BCUT2D eigenvalue weighted by atomic mass is 19.1. The molecule has 0 radical (unpaired) electrons. The van der Waals surface area contributed by atoms with Crippen LogP contribution in [-0.2, 0) is 0 Å². The number of rotatable bonds is 8. The Labute approximate surface area is 228 Å². The number of halogens is 1. The maximum Gasteiger partial charge on any atom is 0.255 e. The van der Waals surface area contributed by atoms with Crippen LogP contribution in [0.1, 0.15) is 55.3 Å². The number of hydrogen-bond donors (Lipinski definition) is 4. The maximum absolute atomic E-state index is 13.6. The second-order valence-electron chi connectivity index (χ2n) is 10.3. The molecule has 3 aromatic carbocycles. The Morgan fingerprint density at radius 1 is 0.872 bits per heavy atom. The van der Waals surface area contributed by atoms with Crippen molar-refractivity contribution in [1.29, 1.82) is 0 Å². The van der Waals surface area contributed by atoms with E-state index < -0.39 is 5.54 Å². The lowest BCUT2D eigenvalue weighted by Crippen LogP contribution is -2.40. The first kappa shape index (κ1) is 27.7. The Hall–Kier alpha value is -4.33. The van der Waals surface area contributed by atoms with E-state index in [4.69, 9.17) is 4.42 Å². The summed E-state index contributed by atoms with van der Waals surface area (Å²) in [4.78, 5) is 26.2. The van der Waals surface area contributed by atoms with Gasteiger partial charge < -0.3 is 25.7 Å². The van der Waals surface area contributed by atoms with Gasteiger partial charge in [0.1, 0.15) is 17.2 Å². The Morgan fingerprint density at radius 3 is 2.18 bits per heavy atom. The van der Waals surface area contributed by atoms with Crippen molar-refractivity contribution in [1.82, 2.24) is 10.6 Å². The summed E-state index contributed by atoms with van der Waals surface area (Å²) in [5.41, 5.74) is 4.81. The molecule has 0 unspecified atom stereocenters. The average Bonchev–Trinajstić information content (AvgIpc) is 3.25. The molecular formula is C31H35FN4O3. The quantitative estimate of drug-likeness (QED) is 0.204. The molecule has 0 bridgehead atoms. The van der Waals surface area contributed by atoms with Crippen molar-refractivity contribution in [2.24, 2.45) is 0 Å². The Kier molecular flexibility index (Phi) is 7.95. The lowest BCUT2D eigenvalue weighted by atomic mass is 9.96. The van der Waals surface area contributed by atoms with E-state index in [2.05, 4.69) is 21.3 Å². The number of nitrogens with one attached hydrogen (secondary N) is 4. The van der Waals surface area contributed by atoms with Crippen LogP contribution in [0.3, 0.4) is 0 Å². The standard InChI is InChI=1S/C31H35FN4O3/c1-7-34-22-14-19(13-20(15-22)29(37)36-31(3,4)5)23-16-24-26(17-25(23)35-8-2)39-28(27(24)30(38)33-6)18-9-11-21(32)12-10-18/h9-17,34-35H,7-8H2,1-6H3,(H,33,38)(H,36,37). The summed E-state index contributed by atoms with van der Waals surface area (Å²) in [7, 11) is 1.56. The molecule has 204 valence electrons. The van der Waals surface area contributed by atoms with Gasteiger partial charge in [-0.05, 0) is 88.7 Å². The summed E-state index contributed by atoms with van der Waals surface area (Å²) in [5, 5.41) is 13.1. The van der Waals surface area contributed by atoms with Gasteiger partial charge in [-0.3, -0.25) is 9.59 Å². The zero-order valence-electron chi connectivity index (χ0n) is 23.2. The van der Waals surface area contributed by atoms with E-state index >= 15 is 0 Å². The van der Waals surface area contributed by atoms with Crippen molar-refractivity contribution < 1.29 is 18.4 Å². The highest BCUT2D eigenvalue weighted by Gasteiger charge is 2.24. The molecule has 0 spiro atoms. The average molecular weight is 531 g/mol. The van der Waals surface area contributed by atoms with Gasteiger partial charge in [-0.2, -0.15) is 0 Å². The van der Waals surface area contributed by atoms with Crippen LogP contribution in [-0.4, -0.2) is 37.5 Å².